The smallest absolute Gasteiger partial charge is 0.392 e. The molecule has 1 aromatic rings. The van der Waals surface area contributed by atoms with Gasteiger partial charge in [0.1, 0.15) is 0 Å². The van der Waals surface area contributed by atoms with Gasteiger partial charge in [0.15, 0.2) is 5.75 Å². The van der Waals surface area contributed by atoms with Crippen molar-refractivity contribution >= 4 is 5.69 Å². The standard InChI is InChI=1S/C13H17F3N2O3/c1-9(2)17-8-10-3-4-11(18(19)20)12(7-10)21-6-5-13(14,15)16/h3-4,7,9,17H,5-6,8H2,1-2H3. The number of halogens is 3. The Morgan fingerprint density at radius 1 is 1.38 bits per heavy atom. The van der Waals surface area contributed by atoms with Crippen LogP contribution in [0.4, 0.5) is 18.9 Å². The van der Waals surface area contributed by atoms with Gasteiger partial charge in [0.25, 0.3) is 0 Å². The average Bonchev–Trinajstić information content (AvgIpc) is 2.34. The number of hydrogen-bond acceptors (Lipinski definition) is 4. The van der Waals surface area contributed by atoms with E-state index in [4.69, 9.17) is 4.74 Å². The summed E-state index contributed by atoms with van der Waals surface area (Å²) in [6.45, 7) is 3.68. The number of nitrogens with zero attached hydrogens (tertiary/aromatic N) is 1. The molecule has 1 rings (SSSR count). The second kappa shape index (κ2) is 7.26. The first kappa shape index (κ1) is 17.2. The van der Waals surface area contributed by atoms with Crippen molar-refractivity contribution in [2.75, 3.05) is 6.61 Å². The zero-order valence-electron chi connectivity index (χ0n) is 11.7. The number of nitro benzene ring substituents is 1. The topological polar surface area (TPSA) is 64.4 Å². The van der Waals surface area contributed by atoms with Crippen LogP contribution in [0.1, 0.15) is 25.8 Å². The fourth-order valence-electron chi connectivity index (χ4n) is 1.53. The number of ether oxygens (including phenoxy) is 1. The lowest BCUT2D eigenvalue weighted by molar-refractivity contribution is -0.385. The maximum absolute atomic E-state index is 12.1. The largest absolute Gasteiger partial charge is 0.486 e. The van der Waals surface area contributed by atoms with Crippen molar-refractivity contribution in [2.45, 2.75) is 39.0 Å². The van der Waals surface area contributed by atoms with E-state index in [1.165, 1.54) is 12.1 Å². The number of alkyl halides is 3. The van der Waals surface area contributed by atoms with Crippen molar-refractivity contribution in [1.29, 1.82) is 0 Å². The molecule has 118 valence electrons. The minimum atomic E-state index is -4.36. The van der Waals surface area contributed by atoms with Crippen molar-refractivity contribution in [2.24, 2.45) is 0 Å². The zero-order valence-corrected chi connectivity index (χ0v) is 11.7. The molecule has 0 amide bonds. The average molecular weight is 306 g/mol. The summed E-state index contributed by atoms with van der Waals surface area (Å²) >= 11 is 0. The van der Waals surface area contributed by atoms with Crippen LogP contribution in [0, 0.1) is 10.1 Å². The van der Waals surface area contributed by atoms with E-state index in [0.29, 0.717) is 12.1 Å². The maximum atomic E-state index is 12.1. The van der Waals surface area contributed by atoms with Crippen LogP contribution in [0.3, 0.4) is 0 Å². The maximum Gasteiger partial charge on any atom is 0.392 e. The Bertz CT molecular complexity index is 490. The van der Waals surface area contributed by atoms with Gasteiger partial charge in [-0.25, -0.2) is 0 Å². The van der Waals surface area contributed by atoms with E-state index in [-0.39, 0.29) is 17.5 Å². The summed E-state index contributed by atoms with van der Waals surface area (Å²) in [7, 11) is 0. The normalized spacial score (nSPS) is 11.7. The second-order valence-electron chi connectivity index (χ2n) is 4.81. The third kappa shape index (κ3) is 6.44. The molecule has 1 aromatic carbocycles. The third-order valence-corrected chi connectivity index (χ3v) is 2.58. The van der Waals surface area contributed by atoms with Crippen LogP contribution in [-0.2, 0) is 6.54 Å². The van der Waals surface area contributed by atoms with Crippen LogP contribution in [0.15, 0.2) is 18.2 Å². The number of nitrogens with one attached hydrogen (secondary N) is 1. The molecule has 0 radical (unpaired) electrons. The van der Waals surface area contributed by atoms with E-state index >= 15 is 0 Å². The van der Waals surface area contributed by atoms with Crippen LogP contribution in [-0.4, -0.2) is 23.7 Å². The Morgan fingerprint density at radius 3 is 2.57 bits per heavy atom. The first-order chi connectivity index (χ1) is 9.69. The predicted octanol–water partition coefficient (Wildman–Crippen LogP) is 3.42. The molecule has 5 nitrogen and oxygen atoms in total. The lowest BCUT2D eigenvalue weighted by Gasteiger charge is -2.12. The first-order valence-electron chi connectivity index (χ1n) is 6.39. The fraction of sp³-hybridized carbons (Fsp3) is 0.538. The van der Waals surface area contributed by atoms with E-state index in [1.807, 2.05) is 13.8 Å². The van der Waals surface area contributed by atoms with Crippen LogP contribution in [0.2, 0.25) is 0 Å². The molecular formula is C13H17F3N2O3. The zero-order chi connectivity index (χ0) is 16.0. The highest BCUT2D eigenvalue weighted by molar-refractivity contribution is 5.48. The minimum absolute atomic E-state index is 0.146. The van der Waals surface area contributed by atoms with Crippen molar-refractivity contribution < 1.29 is 22.8 Å². The molecule has 0 atom stereocenters. The monoisotopic (exact) mass is 306 g/mol. The summed E-state index contributed by atoms with van der Waals surface area (Å²) in [4.78, 5) is 10.2. The van der Waals surface area contributed by atoms with Crippen LogP contribution >= 0.6 is 0 Å². The Hall–Kier alpha value is -1.83. The van der Waals surface area contributed by atoms with Crippen LogP contribution < -0.4 is 10.1 Å². The molecule has 0 fully saturated rings. The van der Waals surface area contributed by atoms with Crippen LogP contribution in [0.25, 0.3) is 0 Å². The molecule has 8 heteroatoms. The van der Waals surface area contributed by atoms with Crippen LogP contribution in [0.5, 0.6) is 5.75 Å². The summed E-state index contributed by atoms with van der Waals surface area (Å²) in [6, 6.07) is 4.39. The Kier molecular flexibility index (Phi) is 5.95. The van der Waals surface area contributed by atoms with Gasteiger partial charge in [0, 0.05) is 18.7 Å². The quantitative estimate of drug-likeness (QED) is 0.619. The van der Waals surface area contributed by atoms with Gasteiger partial charge in [-0.15, -0.1) is 0 Å². The van der Waals surface area contributed by atoms with Gasteiger partial charge in [-0.1, -0.05) is 19.9 Å². The summed E-state index contributed by atoms with van der Waals surface area (Å²) < 4.78 is 41.2. The fourth-order valence-corrected chi connectivity index (χ4v) is 1.53. The van der Waals surface area contributed by atoms with Gasteiger partial charge in [0.2, 0.25) is 0 Å². The van der Waals surface area contributed by atoms with Gasteiger partial charge in [-0.3, -0.25) is 10.1 Å². The molecule has 1 N–H and O–H groups in total. The van der Waals surface area contributed by atoms with E-state index in [0.717, 1.165) is 0 Å². The molecule has 0 unspecified atom stereocenters. The van der Waals surface area contributed by atoms with Gasteiger partial charge < -0.3 is 10.1 Å². The van der Waals surface area contributed by atoms with Gasteiger partial charge in [-0.05, 0) is 11.6 Å². The highest BCUT2D eigenvalue weighted by Crippen LogP contribution is 2.29. The summed E-state index contributed by atoms with van der Waals surface area (Å²) in [5.74, 6) is -0.146. The molecule has 0 aliphatic carbocycles. The Morgan fingerprint density at radius 2 is 2.05 bits per heavy atom. The molecule has 0 saturated carbocycles. The molecule has 0 aromatic heterocycles. The predicted molar refractivity (Wildman–Crippen MR) is 71.2 cm³/mol. The Balaban J connectivity index is 2.81. The second-order valence-corrected chi connectivity index (χ2v) is 4.81. The number of benzene rings is 1. The lowest BCUT2D eigenvalue weighted by Crippen LogP contribution is -2.21. The van der Waals surface area contributed by atoms with E-state index in [9.17, 15) is 23.3 Å². The number of nitro groups is 1. The summed E-state index contributed by atoms with van der Waals surface area (Å²) in [6.07, 6.45) is -5.51. The SMILES string of the molecule is CC(C)NCc1ccc([N+](=O)[O-])c(OCCC(F)(F)F)c1. The number of hydrogen-bond donors (Lipinski definition) is 1. The van der Waals surface area contributed by atoms with E-state index in [1.54, 1.807) is 6.07 Å². The van der Waals surface area contributed by atoms with E-state index in [2.05, 4.69) is 5.32 Å². The van der Waals surface area contributed by atoms with Gasteiger partial charge in [-0.2, -0.15) is 13.2 Å². The van der Waals surface area contributed by atoms with Crippen molar-refractivity contribution in [3.8, 4) is 5.75 Å². The first-order valence-corrected chi connectivity index (χ1v) is 6.39. The molecule has 0 saturated heterocycles. The molecule has 0 spiro atoms. The molecule has 0 bridgehead atoms. The number of rotatable bonds is 7. The highest BCUT2D eigenvalue weighted by atomic mass is 19.4. The summed E-state index contributed by atoms with van der Waals surface area (Å²) in [5, 5.41) is 14.0. The molecule has 0 aliphatic rings. The van der Waals surface area contributed by atoms with Gasteiger partial charge >= 0.3 is 11.9 Å². The molecule has 0 aliphatic heterocycles. The van der Waals surface area contributed by atoms with Crippen molar-refractivity contribution in [3.63, 3.8) is 0 Å². The Labute approximate surface area is 120 Å². The van der Waals surface area contributed by atoms with Crippen molar-refractivity contribution in [1.82, 2.24) is 5.32 Å². The summed E-state index contributed by atoms with van der Waals surface area (Å²) in [5.41, 5.74) is 0.363. The lowest BCUT2D eigenvalue weighted by atomic mass is 10.2. The molecule has 21 heavy (non-hydrogen) atoms. The van der Waals surface area contributed by atoms with E-state index < -0.39 is 24.1 Å². The highest BCUT2D eigenvalue weighted by Gasteiger charge is 2.27. The van der Waals surface area contributed by atoms with Crippen molar-refractivity contribution in [3.05, 3.63) is 33.9 Å². The minimum Gasteiger partial charge on any atom is -0.486 e. The molecular weight excluding hydrogens is 289 g/mol. The van der Waals surface area contributed by atoms with Gasteiger partial charge in [0.05, 0.1) is 18.0 Å². The third-order valence-electron chi connectivity index (χ3n) is 2.58. The molecule has 0 heterocycles.